The Balaban J connectivity index is 2.38. The summed E-state index contributed by atoms with van der Waals surface area (Å²) in [4.78, 5) is 23.0. The molecule has 0 unspecified atom stereocenters. The molecule has 1 amide bonds. The normalized spacial score (nSPS) is 22.4. The smallest absolute Gasteiger partial charge is 0.471 e. The molecule has 4 nitrogen and oxygen atoms in total. The minimum atomic E-state index is -5.11. The zero-order valence-electron chi connectivity index (χ0n) is 10.6. The van der Waals surface area contributed by atoms with E-state index in [0.29, 0.717) is 15.5 Å². The summed E-state index contributed by atoms with van der Waals surface area (Å²) in [6, 6.07) is 3.57. The Morgan fingerprint density at radius 1 is 1.19 bits per heavy atom. The standard InChI is InChI=1S/C13H11ClF3NO3/c14-8-3-1-7(2-4-8)9-5-6-10(11(19)20)18(9)12(21)13(15,16)17/h1-4,9-10H,5-6H2,(H,19,20)/t9-,10-/m0/s1. The summed E-state index contributed by atoms with van der Waals surface area (Å²) in [5, 5.41) is 9.43. The van der Waals surface area contributed by atoms with Crippen LogP contribution < -0.4 is 0 Å². The van der Waals surface area contributed by atoms with Crippen molar-refractivity contribution in [3.8, 4) is 0 Å². The summed E-state index contributed by atoms with van der Waals surface area (Å²) in [6.45, 7) is 0. The fourth-order valence-corrected chi connectivity index (χ4v) is 2.62. The van der Waals surface area contributed by atoms with E-state index in [1.165, 1.54) is 24.3 Å². The lowest BCUT2D eigenvalue weighted by Gasteiger charge is -2.29. The molecule has 1 fully saturated rings. The minimum absolute atomic E-state index is 0.0234. The van der Waals surface area contributed by atoms with Crippen molar-refractivity contribution in [1.29, 1.82) is 0 Å². The molecule has 1 aliphatic rings. The summed E-state index contributed by atoms with van der Waals surface area (Å²) in [7, 11) is 0. The molecule has 0 saturated carbocycles. The second-order valence-electron chi connectivity index (χ2n) is 4.71. The topological polar surface area (TPSA) is 57.6 Å². The fraction of sp³-hybridized carbons (Fsp3) is 0.385. The van der Waals surface area contributed by atoms with Crippen LogP contribution in [0.5, 0.6) is 0 Å². The summed E-state index contributed by atoms with van der Waals surface area (Å²) < 4.78 is 38.1. The Bertz CT molecular complexity index is 559. The molecule has 114 valence electrons. The zero-order chi connectivity index (χ0) is 15.8. The minimum Gasteiger partial charge on any atom is -0.480 e. The average molecular weight is 322 g/mol. The molecule has 1 heterocycles. The molecule has 1 N–H and O–H groups in total. The number of hydrogen-bond acceptors (Lipinski definition) is 2. The van der Waals surface area contributed by atoms with E-state index in [1.54, 1.807) is 0 Å². The Morgan fingerprint density at radius 3 is 2.24 bits per heavy atom. The van der Waals surface area contributed by atoms with Crippen LogP contribution in [0.25, 0.3) is 0 Å². The van der Waals surface area contributed by atoms with Crippen LogP contribution in [-0.2, 0) is 9.59 Å². The molecule has 0 spiro atoms. The maximum atomic E-state index is 12.7. The molecule has 21 heavy (non-hydrogen) atoms. The number of nitrogens with zero attached hydrogens (tertiary/aromatic N) is 1. The van der Waals surface area contributed by atoms with Gasteiger partial charge in [-0.3, -0.25) is 4.79 Å². The summed E-state index contributed by atoms with van der Waals surface area (Å²) in [5.74, 6) is -3.57. The molecule has 1 aromatic carbocycles. The highest BCUT2D eigenvalue weighted by Crippen LogP contribution is 2.39. The molecule has 1 aliphatic heterocycles. The van der Waals surface area contributed by atoms with Gasteiger partial charge >= 0.3 is 18.1 Å². The molecule has 0 radical (unpaired) electrons. The van der Waals surface area contributed by atoms with E-state index in [0.717, 1.165) is 0 Å². The Hall–Kier alpha value is -1.76. The highest BCUT2D eigenvalue weighted by Gasteiger charge is 2.51. The second kappa shape index (κ2) is 5.55. The van der Waals surface area contributed by atoms with Gasteiger partial charge in [0.2, 0.25) is 0 Å². The first-order valence-electron chi connectivity index (χ1n) is 6.09. The number of carbonyl (C=O) groups is 2. The third-order valence-corrected chi connectivity index (χ3v) is 3.65. The number of hydrogen-bond donors (Lipinski definition) is 1. The van der Waals surface area contributed by atoms with E-state index < -0.39 is 30.1 Å². The van der Waals surface area contributed by atoms with Crippen LogP contribution in [0.1, 0.15) is 24.4 Å². The van der Waals surface area contributed by atoms with Crippen LogP contribution in [0, 0.1) is 0 Å². The predicted octanol–water partition coefficient (Wildman–Crippen LogP) is 3.02. The highest BCUT2D eigenvalue weighted by molar-refractivity contribution is 6.30. The predicted molar refractivity (Wildman–Crippen MR) is 67.8 cm³/mol. The lowest BCUT2D eigenvalue weighted by molar-refractivity contribution is -0.190. The van der Waals surface area contributed by atoms with Crippen molar-refractivity contribution in [1.82, 2.24) is 4.90 Å². The third-order valence-electron chi connectivity index (χ3n) is 3.40. The lowest BCUT2D eigenvalue weighted by atomic mass is 10.0. The Labute approximate surface area is 123 Å². The van der Waals surface area contributed by atoms with Crippen LogP contribution in [0.3, 0.4) is 0 Å². The van der Waals surface area contributed by atoms with Gasteiger partial charge in [-0.25, -0.2) is 4.79 Å². The van der Waals surface area contributed by atoms with Crippen LogP contribution in [0.15, 0.2) is 24.3 Å². The van der Waals surface area contributed by atoms with Gasteiger partial charge in [0, 0.05) is 5.02 Å². The number of amides is 1. The molecule has 1 aromatic rings. The molecule has 0 aliphatic carbocycles. The van der Waals surface area contributed by atoms with Crippen molar-refractivity contribution < 1.29 is 27.9 Å². The van der Waals surface area contributed by atoms with Gasteiger partial charge in [0.1, 0.15) is 6.04 Å². The monoisotopic (exact) mass is 321 g/mol. The molecule has 0 bridgehead atoms. The van der Waals surface area contributed by atoms with Gasteiger partial charge in [0.15, 0.2) is 0 Å². The van der Waals surface area contributed by atoms with Crippen molar-refractivity contribution in [2.45, 2.75) is 31.1 Å². The van der Waals surface area contributed by atoms with Crippen molar-refractivity contribution in [3.63, 3.8) is 0 Å². The van der Waals surface area contributed by atoms with Gasteiger partial charge in [-0.2, -0.15) is 13.2 Å². The second-order valence-corrected chi connectivity index (χ2v) is 5.15. The first-order valence-corrected chi connectivity index (χ1v) is 6.47. The zero-order valence-corrected chi connectivity index (χ0v) is 11.4. The van der Waals surface area contributed by atoms with Gasteiger partial charge < -0.3 is 10.0 Å². The summed E-state index contributed by atoms with van der Waals surface area (Å²) in [6.07, 6.45) is -4.98. The van der Waals surface area contributed by atoms with Gasteiger partial charge in [0.25, 0.3) is 0 Å². The Kier molecular flexibility index (Phi) is 4.13. The number of halogens is 4. The first kappa shape index (κ1) is 15.6. The van der Waals surface area contributed by atoms with Crippen molar-refractivity contribution in [2.75, 3.05) is 0 Å². The maximum Gasteiger partial charge on any atom is 0.471 e. The van der Waals surface area contributed by atoms with Crippen LogP contribution in [0.2, 0.25) is 5.02 Å². The molecular weight excluding hydrogens is 311 g/mol. The summed E-state index contributed by atoms with van der Waals surface area (Å²) in [5.41, 5.74) is 0.431. The number of carboxylic acids is 1. The number of carboxylic acid groups (broad SMARTS) is 1. The van der Waals surface area contributed by atoms with E-state index in [2.05, 4.69) is 0 Å². The van der Waals surface area contributed by atoms with Crippen LogP contribution in [-0.4, -0.2) is 34.1 Å². The number of aliphatic carboxylic acids is 1. The molecule has 2 atom stereocenters. The number of likely N-dealkylation sites (tertiary alicyclic amines) is 1. The number of alkyl halides is 3. The number of rotatable bonds is 2. The quantitative estimate of drug-likeness (QED) is 0.911. The Morgan fingerprint density at radius 2 is 1.76 bits per heavy atom. The van der Waals surface area contributed by atoms with Gasteiger partial charge in [0.05, 0.1) is 6.04 Å². The maximum absolute atomic E-state index is 12.7. The lowest BCUT2D eigenvalue weighted by Crippen LogP contribution is -2.47. The summed E-state index contributed by atoms with van der Waals surface area (Å²) >= 11 is 5.71. The molecular formula is C13H11ClF3NO3. The van der Waals surface area contributed by atoms with Gasteiger partial charge in [-0.05, 0) is 30.5 Å². The van der Waals surface area contributed by atoms with E-state index in [1.807, 2.05) is 0 Å². The van der Waals surface area contributed by atoms with E-state index >= 15 is 0 Å². The van der Waals surface area contributed by atoms with E-state index in [-0.39, 0.29) is 12.8 Å². The van der Waals surface area contributed by atoms with Crippen LogP contribution >= 0.6 is 11.6 Å². The molecule has 1 saturated heterocycles. The van der Waals surface area contributed by atoms with Gasteiger partial charge in [-0.1, -0.05) is 23.7 Å². The van der Waals surface area contributed by atoms with Crippen molar-refractivity contribution in [2.24, 2.45) is 0 Å². The SMILES string of the molecule is O=C(O)[C@@H]1CC[C@@H](c2ccc(Cl)cc2)N1C(=O)C(F)(F)F. The van der Waals surface area contributed by atoms with E-state index in [4.69, 9.17) is 16.7 Å². The van der Waals surface area contributed by atoms with Crippen molar-refractivity contribution >= 4 is 23.5 Å². The molecule has 2 rings (SSSR count). The average Bonchev–Trinajstić information content (AvgIpc) is 2.82. The molecule has 8 heteroatoms. The fourth-order valence-electron chi connectivity index (χ4n) is 2.50. The number of benzene rings is 1. The van der Waals surface area contributed by atoms with Gasteiger partial charge in [-0.15, -0.1) is 0 Å². The van der Waals surface area contributed by atoms with E-state index in [9.17, 15) is 22.8 Å². The molecule has 0 aromatic heterocycles. The number of carbonyl (C=O) groups excluding carboxylic acids is 1. The highest BCUT2D eigenvalue weighted by atomic mass is 35.5. The third kappa shape index (κ3) is 3.12. The largest absolute Gasteiger partial charge is 0.480 e. The van der Waals surface area contributed by atoms with Crippen molar-refractivity contribution in [3.05, 3.63) is 34.9 Å². The van der Waals surface area contributed by atoms with Crippen LogP contribution in [0.4, 0.5) is 13.2 Å². The first-order chi connectivity index (χ1) is 9.71.